The van der Waals surface area contributed by atoms with Crippen LogP contribution in [0.5, 0.6) is 5.75 Å². The lowest BCUT2D eigenvalue weighted by Gasteiger charge is -2.27. The Hall–Kier alpha value is -6.58. The summed E-state index contributed by atoms with van der Waals surface area (Å²) in [5.41, 5.74) is 2.24. The number of fused-ring (bicyclic) bond motifs is 2. The van der Waals surface area contributed by atoms with Crippen molar-refractivity contribution in [3.63, 3.8) is 0 Å². The number of amides is 5. The number of rotatable bonds is 18. The number of ether oxygens (including phenoxy) is 1. The quantitative estimate of drug-likeness (QED) is 0.0558. The number of carbonyl (C=O) groups excluding carboxylic acids is 7. The van der Waals surface area contributed by atoms with Gasteiger partial charge in [0.25, 0.3) is 17.7 Å². The van der Waals surface area contributed by atoms with Crippen LogP contribution in [0.1, 0.15) is 115 Å². The first kappa shape index (κ1) is 41.2. The smallest absolute Gasteiger partial charge is 0.266 e. The molecule has 0 bridgehead atoms. The van der Waals surface area contributed by atoms with Gasteiger partial charge < -0.3 is 20.7 Å². The van der Waals surface area contributed by atoms with Gasteiger partial charge in [0.05, 0.1) is 27.9 Å². The third kappa shape index (κ3) is 9.74. The van der Waals surface area contributed by atoms with E-state index >= 15 is 0 Å². The fourth-order valence-electron chi connectivity index (χ4n) is 8.37. The first-order chi connectivity index (χ1) is 29.6. The number of carbonyl (C=O) groups is 7. The Morgan fingerprint density at radius 1 is 0.869 bits per heavy atom. The van der Waals surface area contributed by atoms with Crippen molar-refractivity contribution in [2.45, 2.75) is 95.6 Å². The number of benzene rings is 1. The van der Waals surface area contributed by atoms with E-state index in [2.05, 4.69) is 36.2 Å². The molecule has 4 N–H and O–H groups in total. The molecule has 2 aliphatic heterocycles. The molecule has 2 aliphatic carbocycles. The molecule has 0 spiro atoms. The third-order valence-corrected chi connectivity index (χ3v) is 11.9. The van der Waals surface area contributed by atoms with Gasteiger partial charge in [0.15, 0.2) is 12.4 Å². The van der Waals surface area contributed by atoms with Crippen molar-refractivity contribution in [3.8, 4) is 5.75 Å². The lowest BCUT2D eigenvalue weighted by atomic mass is 9.77. The normalized spacial score (nSPS) is 19.9. The second-order valence-corrected chi connectivity index (χ2v) is 16.3. The van der Waals surface area contributed by atoms with Crippen LogP contribution in [0.15, 0.2) is 61.1 Å². The fraction of sp³-hybridized carbons (Fsp3) is 0.422. The molecular weight excluding hydrogens is 781 g/mol. The molecule has 5 amide bonds. The molecule has 3 fully saturated rings. The van der Waals surface area contributed by atoms with Crippen LogP contribution < -0.4 is 26.0 Å². The third-order valence-electron chi connectivity index (χ3n) is 11.9. The molecule has 4 aliphatic rings. The maximum atomic E-state index is 13.6. The van der Waals surface area contributed by atoms with E-state index in [1.54, 1.807) is 18.6 Å². The zero-order valence-corrected chi connectivity index (χ0v) is 33.7. The van der Waals surface area contributed by atoms with Gasteiger partial charge in [-0.1, -0.05) is 12.5 Å². The van der Waals surface area contributed by atoms with Crippen molar-refractivity contribution >= 4 is 69.3 Å². The van der Waals surface area contributed by atoms with Crippen molar-refractivity contribution in [2.24, 2.45) is 11.8 Å². The maximum absolute atomic E-state index is 13.6. The Morgan fingerprint density at radius 3 is 2.51 bits per heavy atom. The number of aromatic nitrogens is 3. The summed E-state index contributed by atoms with van der Waals surface area (Å²) in [5.74, 6) is -1.11. The largest absolute Gasteiger partial charge is 0.483 e. The van der Waals surface area contributed by atoms with Crippen LogP contribution in [0, 0.1) is 11.8 Å². The summed E-state index contributed by atoms with van der Waals surface area (Å²) in [7, 11) is 0. The number of unbranched alkanes of at least 4 members (excludes halogenated alkanes) is 2. The average Bonchev–Trinajstić information content (AvgIpc) is 4.04. The summed E-state index contributed by atoms with van der Waals surface area (Å²) in [4.78, 5) is 104. The SMILES string of the molecule is O=C(COc1cccc2c1C(=O)N(C1CCC(=O)NC1=O)C2=O)NCCCCCC(=O)C1CCC(CC(=O)c2cnc(Nc3ccc4cnccc4n3)cc2NC2CC2)CC1. The minimum atomic E-state index is -1.10. The molecule has 8 rings (SSSR count). The standard InChI is InChI=1S/C45H48N8O8/c54-35(6-2-1-3-19-47-41(57)25-61-37-7-4-5-30-42(37)45(60)53(44(30)59)34-15-17-40(56)52-43(34)58)27-10-8-26(9-11-27)21-36(55)31-24-48-39(22-33(31)49-29-13-14-29)51-38-16-12-28-23-46-20-18-32(28)50-38/h4-5,7,12,16,18,20,22-24,26-27,29,34H,1-3,6,8-11,13-15,17,19,21,25H2,(H,47,57)(H,52,56,58)(H2,48,49,50,51). The zero-order chi connectivity index (χ0) is 42.5. The topological polar surface area (TPSA) is 219 Å². The van der Waals surface area contributed by atoms with Crippen LogP contribution in [-0.4, -0.2) is 86.2 Å². The summed E-state index contributed by atoms with van der Waals surface area (Å²) in [6.45, 7) is 0.000948. The highest BCUT2D eigenvalue weighted by molar-refractivity contribution is 6.24. The van der Waals surface area contributed by atoms with E-state index in [1.165, 1.54) is 18.2 Å². The van der Waals surface area contributed by atoms with Crippen molar-refractivity contribution in [1.29, 1.82) is 0 Å². The molecule has 16 heteroatoms. The second kappa shape index (κ2) is 18.4. The van der Waals surface area contributed by atoms with E-state index in [1.807, 2.05) is 24.3 Å². The van der Waals surface area contributed by atoms with Gasteiger partial charge in [-0.3, -0.25) is 48.8 Å². The molecule has 2 saturated carbocycles. The Kier molecular flexibility index (Phi) is 12.4. The predicted octanol–water partition coefficient (Wildman–Crippen LogP) is 5.45. The Bertz CT molecular complexity index is 2390. The summed E-state index contributed by atoms with van der Waals surface area (Å²) in [6.07, 6.45) is 13.5. The van der Waals surface area contributed by atoms with Crippen molar-refractivity contribution < 1.29 is 38.3 Å². The maximum Gasteiger partial charge on any atom is 0.266 e. The van der Waals surface area contributed by atoms with Gasteiger partial charge in [-0.2, -0.15) is 0 Å². The molecule has 5 heterocycles. The van der Waals surface area contributed by atoms with Crippen LogP contribution in [0.4, 0.5) is 17.3 Å². The zero-order valence-electron chi connectivity index (χ0n) is 33.7. The number of anilines is 3. The summed E-state index contributed by atoms with van der Waals surface area (Å²) < 4.78 is 5.65. The molecule has 1 unspecified atom stereocenters. The van der Waals surface area contributed by atoms with Crippen LogP contribution in [-0.2, 0) is 19.2 Å². The van der Waals surface area contributed by atoms with E-state index in [-0.39, 0.29) is 59.7 Å². The first-order valence-electron chi connectivity index (χ1n) is 21.2. The highest BCUT2D eigenvalue weighted by Gasteiger charge is 2.46. The molecule has 61 heavy (non-hydrogen) atoms. The van der Waals surface area contributed by atoms with Crippen LogP contribution in [0.2, 0.25) is 0 Å². The highest BCUT2D eigenvalue weighted by atomic mass is 16.5. The first-order valence-corrected chi connectivity index (χ1v) is 21.2. The average molecular weight is 829 g/mol. The lowest BCUT2D eigenvalue weighted by molar-refractivity contribution is -0.136. The van der Waals surface area contributed by atoms with Crippen molar-refractivity contribution in [1.82, 2.24) is 30.5 Å². The molecule has 16 nitrogen and oxygen atoms in total. The van der Waals surface area contributed by atoms with E-state index < -0.39 is 35.6 Å². The molecule has 1 atom stereocenters. The minimum Gasteiger partial charge on any atom is -0.483 e. The molecule has 1 aromatic carbocycles. The Morgan fingerprint density at radius 2 is 1.70 bits per heavy atom. The van der Waals surface area contributed by atoms with E-state index in [0.29, 0.717) is 55.5 Å². The molecular formula is C45H48N8O8. The summed E-state index contributed by atoms with van der Waals surface area (Å²) in [5, 5.41) is 12.7. The van der Waals surface area contributed by atoms with Gasteiger partial charge in [0.1, 0.15) is 29.2 Å². The van der Waals surface area contributed by atoms with E-state index in [0.717, 1.165) is 66.4 Å². The second-order valence-electron chi connectivity index (χ2n) is 16.3. The Balaban J connectivity index is 0.728. The van der Waals surface area contributed by atoms with Crippen LogP contribution >= 0.6 is 0 Å². The number of hydrogen-bond acceptors (Lipinski definition) is 13. The van der Waals surface area contributed by atoms with Gasteiger partial charge in [0.2, 0.25) is 11.8 Å². The highest BCUT2D eigenvalue weighted by Crippen LogP contribution is 2.36. The summed E-state index contributed by atoms with van der Waals surface area (Å²) >= 11 is 0. The number of Topliss-reactive ketones (excluding diaryl/α,β-unsaturated/α-hetero) is 2. The number of piperidine rings is 1. The van der Waals surface area contributed by atoms with Gasteiger partial charge in [-0.25, -0.2) is 9.97 Å². The number of nitrogens with zero attached hydrogens (tertiary/aromatic N) is 4. The molecule has 4 aromatic rings. The minimum absolute atomic E-state index is 0.0000122. The fourth-order valence-corrected chi connectivity index (χ4v) is 8.37. The van der Waals surface area contributed by atoms with Crippen molar-refractivity contribution in [2.75, 3.05) is 23.8 Å². The molecule has 0 radical (unpaired) electrons. The van der Waals surface area contributed by atoms with E-state index in [9.17, 15) is 33.6 Å². The molecule has 1 saturated heterocycles. The number of ketones is 2. The van der Waals surface area contributed by atoms with Gasteiger partial charge >= 0.3 is 0 Å². The van der Waals surface area contributed by atoms with Crippen LogP contribution in [0.3, 0.4) is 0 Å². The monoisotopic (exact) mass is 828 g/mol. The Labute approximate surface area is 352 Å². The molecule has 3 aromatic heterocycles. The summed E-state index contributed by atoms with van der Waals surface area (Å²) in [6, 6.07) is 11.3. The number of imide groups is 2. The number of hydrogen-bond donors (Lipinski definition) is 4. The van der Waals surface area contributed by atoms with Gasteiger partial charge in [-0.15, -0.1) is 0 Å². The van der Waals surface area contributed by atoms with Crippen molar-refractivity contribution in [3.05, 3.63) is 77.7 Å². The number of pyridine rings is 3. The van der Waals surface area contributed by atoms with Gasteiger partial charge in [-0.05, 0) is 94.0 Å². The van der Waals surface area contributed by atoms with Gasteiger partial charge in [0, 0.05) is 67.8 Å². The predicted molar refractivity (Wildman–Crippen MR) is 223 cm³/mol. The lowest BCUT2D eigenvalue weighted by Crippen LogP contribution is -2.54. The number of nitrogens with one attached hydrogen (secondary N) is 4. The van der Waals surface area contributed by atoms with E-state index in [4.69, 9.17) is 4.74 Å². The van der Waals surface area contributed by atoms with Crippen LogP contribution in [0.25, 0.3) is 10.9 Å². The molecule has 316 valence electrons.